The van der Waals surface area contributed by atoms with E-state index in [4.69, 9.17) is 14.0 Å². The van der Waals surface area contributed by atoms with Gasteiger partial charge in [0, 0.05) is 4.66 Å². The molecule has 0 rings (SSSR count). The molecule has 17 heavy (non-hydrogen) atoms. The molecular weight excluding hydrogens is 242 g/mol. The van der Waals surface area contributed by atoms with Crippen molar-refractivity contribution in [3.63, 3.8) is 0 Å². The van der Waals surface area contributed by atoms with E-state index in [1.54, 1.807) is 0 Å². The molecule has 0 aromatic heterocycles. The van der Waals surface area contributed by atoms with Crippen LogP contribution in [0.5, 0.6) is 0 Å². The number of hydrogen-bond donors (Lipinski definition) is 1. The molecule has 0 amide bonds. The van der Waals surface area contributed by atoms with E-state index in [-0.39, 0.29) is 0 Å². The highest BCUT2D eigenvalue weighted by molar-refractivity contribution is 4.43. The summed E-state index contributed by atoms with van der Waals surface area (Å²) in [7, 11) is -2.60. The Bertz CT molecular complexity index is 124. The van der Waals surface area contributed by atoms with E-state index in [1.165, 1.54) is 56.3 Å². The minimum absolute atomic E-state index is 1.33. The summed E-state index contributed by atoms with van der Waals surface area (Å²) in [5.41, 5.74) is 0. The Morgan fingerprint density at radius 2 is 0.941 bits per heavy atom. The number of hydrogen-bond acceptors (Lipinski definition) is 3. The van der Waals surface area contributed by atoms with Gasteiger partial charge in [-0.15, -0.1) is 0 Å². The SMILES string of the molecule is CCC[N+](CCC)(CCC)CCC.[O-][Cl+2]([O-])O. The minimum Gasteiger partial charge on any atom is -0.324 e. The molecule has 106 valence electrons. The Hall–Kier alpha value is 0.130. The van der Waals surface area contributed by atoms with Crippen LogP contribution in [0.1, 0.15) is 53.4 Å². The van der Waals surface area contributed by atoms with Gasteiger partial charge in [-0.3, -0.25) is 0 Å². The summed E-state index contributed by atoms with van der Waals surface area (Å²) >= 11 is 0. The van der Waals surface area contributed by atoms with E-state index < -0.39 is 10.8 Å². The third kappa shape index (κ3) is 12.4. The normalized spacial score (nSPS) is 11.3. The maximum Gasteiger partial charge on any atom is 0.282 e. The van der Waals surface area contributed by atoms with Gasteiger partial charge in [-0.1, -0.05) is 27.7 Å². The fourth-order valence-corrected chi connectivity index (χ4v) is 2.57. The van der Waals surface area contributed by atoms with Gasteiger partial charge in [0.05, 0.1) is 26.2 Å². The molecule has 0 aromatic carbocycles. The zero-order chi connectivity index (χ0) is 13.7. The average Bonchev–Trinajstić information content (AvgIpc) is 2.18. The molecule has 0 aromatic rings. The molecule has 0 atom stereocenters. The number of nitrogens with zero attached hydrogens (tertiary/aromatic N) is 1. The van der Waals surface area contributed by atoms with Crippen LogP contribution in [-0.2, 0) is 0 Å². The second-order valence-corrected chi connectivity index (χ2v) is 4.84. The zero-order valence-electron chi connectivity index (χ0n) is 11.7. The van der Waals surface area contributed by atoms with Gasteiger partial charge in [-0.2, -0.15) is 0 Å². The molecule has 0 aliphatic rings. The average molecular weight is 271 g/mol. The zero-order valence-corrected chi connectivity index (χ0v) is 12.5. The van der Waals surface area contributed by atoms with Crippen molar-refractivity contribution in [1.82, 2.24) is 0 Å². The predicted octanol–water partition coefficient (Wildman–Crippen LogP) is 0.508. The quantitative estimate of drug-likeness (QED) is 0.654. The van der Waals surface area contributed by atoms with Gasteiger partial charge >= 0.3 is 0 Å². The second-order valence-electron chi connectivity index (χ2n) is 4.44. The molecule has 5 heteroatoms. The molecule has 0 saturated carbocycles. The van der Waals surface area contributed by atoms with Gasteiger partial charge in [-0.05, 0) is 25.7 Å². The van der Waals surface area contributed by atoms with Crippen LogP contribution in [0.3, 0.4) is 0 Å². The van der Waals surface area contributed by atoms with Crippen LogP contribution >= 0.6 is 0 Å². The lowest BCUT2D eigenvalue weighted by Crippen LogP contribution is -2.50. The molecule has 0 aliphatic carbocycles. The summed E-state index contributed by atoms with van der Waals surface area (Å²) in [6.45, 7) is 14.8. The number of rotatable bonds is 8. The van der Waals surface area contributed by atoms with Crippen LogP contribution in [0, 0.1) is 10.8 Å². The predicted molar refractivity (Wildman–Crippen MR) is 63.1 cm³/mol. The summed E-state index contributed by atoms with van der Waals surface area (Å²) in [5, 5.41) is 0. The summed E-state index contributed by atoms with van der Waals surface area (Å²) in [5.74, 6) is 0. The van der Waals surface area contributed by atoms with Crippen molar-refractivity contribution < 1.29 is 29.2 Å². The van der Waals surface area contributed by atoms with Crippen LogP contribution in [0.15, 0.2) is 0 Å². The van der Waals surface area contributed by atoms with Gasteiger partial charge in [0.15, 0.2) is 0 Å². The molecular formula is C12H29ClNO3+. The van der Waals surface area contributed by atoms with E-state index in [2.05, 4.69) is 27.7 Å². The molecule has 0 heterocycles. The van der Waals surface area contributed by atoms with Crippen molar-refractivity contribution in [1.29, 1.82) is 0 Å². The first-order chi connectivity index (χ1) is 7.97. The Kier molecular flexibility index (Phi) is 14.4. The summed E-state index contributed by atoms with van der Waals surface area (Å²) < 4.78 is 25.3. The first kappa shape index (κ1) is 19.5. The monoisotopic (exact) mass is 270 g/mol. The molecule has 0 bridgehead atoms. The van der Waals surface area contributed by atoms with Crippen LogP contribution < -0.4 is 9.32 Å². The molecule has 1 N–H and O–H groups in total. The molecule has 0 fully saturated rings. The number of quaternary nitrogens is 1. The lowest BCUT2D eigenvalue weighted by molar-refractivity contribution is -1.63. The van der Waals surface area contributed by atoms with E-state index in [0.717, 1.165) is 0 Å². The van der Waals surface area contributed by atoms with Gasteiger partial charge < -0.3 is 13.8 Å². The maximum atomic E-state index is 8.52. The fourth-order valence-electron chi connectivity index (χ4n) is 2.57. The Balaban J connectivity index is 0. The molecule has 0 aliphatic heterocycles. The third-order valence-electron chi connectivity index (χ3n) is 2.79. The van der Waals surface area contributed by atoms with E-state index in [0.29, 0.717) is 0 Å². The molecule has 0 saturated heterocycles. The standard InChI is InChI=1S/C12H28N.ClHO3/c1-5-9-13(10-6-2,11-7-3)12-8-4;2-1(3)4/h5-12H2,1-4H3;2H/q+1;. The maximum absolute atomic E-state index is 8.52. The molecule has 4 nitrogen and oxygen atoms in total. The van der Waals surface area contributed by atoms with Crippen LogP contribution in [-0.4, -0.2) is 35.3 Å². The Morgan fingerprint density at radius 3 is 1.06 bits per heavy atom. The van der Waals surface area contributed by atoms with Crippen molar-refractivity contribution in [2.75, 3.05) is 26.2 Å². The van der Waals surface area contributed by atoms with Crippen LogP contribution in [0.25, 0.3) is 0 Å². The second kappa shape index (κ2) is 12.6. The van der Waals surface area contributed by atoms with Crippen LogP contribution in [0.4, 0.5) is 0 Å². The van der Waals surface area contributed by atoms with E-state index in [1.807, 2.05) is 0 Å². The smallest absolute Gasteiger partial charge is 0.282 e. The summed E-state index contributed by atoms with van der Waals surface area (Å²) in [6, 6.07) is 0. The largest absolute Gasteiger partial charge is 0.324 e. The Morgan fingerprint density at radius 1 is 0.765 bits per heavy atom. The van der Waals surface area contributed by atoms with Gasteiger partial charge in [0.1, 0.15) is 0 Å². The van der Waals surface area contributed by atoms with Gasteiger partial charge in [0.25, 0.3) is 10.8 Å². The Labute approximate surface area is 109 Å². The lowest BCUT2D eigenvalue weighted by atomic mass is 10.2. The van der Waals surface area contributed by atoms with Gasteiger partial charge in [-0.25, -0.2) is 0 Å². The molecule has 0 spiro atoms. The van der Waals surface area contributed by atoms with Crippen molar-refractivity contribution in [3.05, 3.63) is 0 Å². The van der Waals surface area contributed by atoms with Crippen molar-refractivity contribution >= 4 is 0 Å². The first-order valence-electron chi connectivity index (χ1n) is 6.57. The fraction of sp³-hybridized carbons (Fsp3) is 1.00. The van der Waals surface area contributed by atoms with Crippen molar-refractivity contribution in [2.24, 2.45) is 0 Å². The highest BCUT2D eigenvalue weighted by Gasteiger charge is 2.22. The van der Waals surface area contributed by atoms with E-state index >= 15 is 0 Å². The third-order valence-corrected chi connectivity index (χ3v) is 2.79. The number of halogens is 1. The van der Waals surface area contributed by atoms with Crippen molar-refractivity contribution in [3.8, 4) is 0 Å². The molecule has 0 radical (unpaired) electrons. The lowest BCUT2D eigenvalue weighted by Gasteiger charge is -2.38. The minimum atomic E-state index is -2.60. The molecule has 0 unspecified atom stereocenters. The van der Waals surface area contributed by atoms with Gasteiger partial charge in [0.2, 0.25) is 0 Å². The highest BCUT2D eigenvalue weighted by Crippen LogP contribution is 2.12. The summed E-state index contributed by atoms with van der Waals surface area (Å²) in [4.78, 5) is 0. The summed E-state index contributed by atoms with van der Waals surface area (Å²) in [6.07, 6.45) is 5.33. The topological polar surface area (TPSA) is 66.3 Å². The van der Waals surface area contributed by atoms with Crippen molar-refractivity contribution in [2.45, 2.75) is 53.4 Å². The van der Waals surface area contributed by atoms with Crippen LogP contribution in [0.2, 0.25) is 0 Å². The highest BCUT2D eigenvalue weighted by atomic mass is 35.6. The van der Waals surface area contributed by atoms with E-state index in [9.17, 15) is 0 Å². The first-order valence-corrected chi connectivity index (χ1v) is 7.53.